The third kappa shape index (κ3) is 6.85. The van der Waals surface area contributed by atoms with Crippen LogP contribution in [0.25, 0.3) is 0 Å². The third-order valence-corrected chi connectivity index (χ3v) is 6.05. The molecule has 0 N–H and O–H groups in total. The molecule has 1 unspecified atom stereocenters. The zero-order valence-corrected chi connectivity index (χ0v) is 17.8. The number of likely N-dealkylation sites (N-methyl/N-ethyl adjacent to an activating group) is 1. The third-order valence-electron chi connectivity index (χ3n) is 6.05. The lowest BCUT2D eigenvalue weighted by Crippen LogP contribution is -2.24. The summed E-state index contributed by atoms with van der Waals surface area (Å²) in [5, 5.41) is 0. The van der Waals surface area contributed by atoms with E-state index in [1.165, 1.54) is 31.3 Å². The van der Waals surface area contributed by atoms with E-state index < -0.39 is 0 Å². The van der Waals surface area contributed by atoms with Crippen molar-refractivity contribution in [1.82, 2.24) is 9.80 Å². The fraction of sp³-hybridized carbons (Fsp3) is 0.560. The zero-order valence-electron chi connectivity index (χ0n) is 17.8. The quantitative estimate of drug-likeness (QED) is 0.434. The van der Waals surface area contributed by atoms with Crippen molar-refractivity contribution in [3.63, 3.8) is 0 Å². The van der Waals surface area contributed by atoms with Gasteiger partial charge in [-0.05, 0) is 63.7 Å². The van der Waals surface area contributed by atoms with E-state index in [0.717, 1.165) is 55.7 Å². The predicted molar refractivity (Wildman–Crippen MR) is 120 cm³/mol. The van der Waals surface area contributed by atoms with Crippen LogP contribution in [-0.2, 0) is 4.79 Å². The van der Waals surface area contributed by atoms with Crippen LogP contribution in [-0.4, -0.2) is 35.7 Å². The standard InChI is InChI=1S/C25H38N2O/c1-20(24-13-9-7-6-8-10-14-24)18-26(5)21(2)12-11-15-25(28)19-27-22(3)16-17-23(27)4/h6-7,24H,1-4,8-19H2,5H3/b7-6-. The van der Waals surface area contributed by atoms with Crippen LogP contribution in [0.3, 0.4) is 0 Å². The van der Waals surface area contributed by atoms with Crippen molar-refractivity contribution in [2.45, 2.75) is 64.2 Å². The van der Waals surface area contributed by atoms with Crippen LogP contribution in [0, 0.1) is 5.92 Å². The Balaban J connectivity index is 1.68. The molecule has 0 aromatic rings. The first-order valence-electron chi connectivity index (χ1n) is 10.7. The van der Waals surface area contributed by atoms with Gasteiger partial charge < -0.3 is 9.80 Å². The van der Waals surface area contributed by atoms with Crippen LogP contribution in [0.5, 0.6) is 0 Å². The number of Topliss-reactive ketones (excluding diaryl/α,β-unsaturated/α-hetero) is 1. The van der Waals surface area contributed by atoms with Gasteiger partial charge in [-0.2, -0.15) is 0 Å². The summed E-state index contributed by atoms with van der Waals surface area (Å²) >= 11 is 0. The molecule has 0 bridgehead atoms. The number of carbonyl (C=O) groups excluding carboxylic acids is 1. The van der Waals surface area contributed by atoms with E-state index in [2.05, 4.69) is 50.4 Å². The first-order valence-corrected chi connectivity index (χ1v) is 10.7. The summed E-state index contributed by atoms with van der Waals surface area (Å²) < 4.78 is 0. The lowest BCUT2D eigenvalue weighted by atomic mass is 9.88. The van der Waals surface area contributed by atoms with E-state index >= 15 is 0 Å². The smallest absolute Gasteiger partial charge is 0.152 e. The highest BCUT2D eigenvalue weighted by atomic mass is 16.1. The summed E-state index contributed by atoms with van der Waals surface area (Å²) in [6.45, 7) is 18.0. The summed E-state index contributed by atoms with van der Waals surface area (Å²) in [4.78, 5) is 16.5. The van der Waals surface area contributed by atoms with E-state index in [1.807, 2.05) is 4.90 Å². The maximum absolute atomic E-state index is 12.3. The molecule has 0 saturated carbocycles. The lowest BCUT2D eigenvalue weighted by molar-refractivity contribution is -0.119. The summed E-state index contributed by atoms with van der Waals surface area (Å²) in [7, 11) is 2.09. The molecule has 1 saturated heterocycles. The second kappa shape index (κ2) is 11.1. The fourth-order valence-corrected chi connectivity index (χ4v) is 4.05. The number of ketones is 1. The molecule has 0 amide bonds. The number of likely N-dealkylation sites (tertiary alicyclic amines) is 1. The Morgan fingerprint density at radius 2 is 1.79 bits per heavy atom. The van der Waals surface area contributed by atoms with Gasteiger partial charge in [-0.25, -0.2) is 0 Å². The molecule has 1 aliphatic heterocycles. The SMILES string of the molecule is C=C(CN(C)C(=C)CCCC(=O)CN1C(=C)CCC1=C)C1CC/C=C\CCC1. The molecule has 2 rings (SSSR count). The number of carbonyl (C=O) groups is 1. The molecular formula is C25H38N2O. The highest BCUT2D eigenvalue weighted by Crippen LogP contribution is 2.28. The van der Waals surface area contributed by atoms with E-state index in [-0.39, 0.29) is 5.78 Å². The summed E-state index contributed by atoms with van der Waals surface area (Å²) in [5.74, 6) is 0.870. The molecule has 0 radical (unpaired) electrons. The second-order valence-electron chi connectivity index (χ2n) is 8.37. The Bertz CT molecular complexity index is 627. The van der Waals surface area contributed by atoms with Crippen molar-refractivity contribution >= 4 is 5.78 Å². The largest absolute Gasteiger partial charge is 0.374 e. The lowest BCUT2D eigenvalue weighted by Gasteiger charge is -2.27. The van der Waals surface area contributed by atoms with Crippen molar-refractivity contribution in [2.75, 3.05) is 20.1 Å². The Kier molecular flexibility index (Phi) is 8.82. The Morgan fingerprint density at radius 3 is 2.50 bits per heavy atom. The first-order chi connectivity index (χ1) is 13.4. The van der Waals surface area contributed by atoms with E-state index in [4.69, 9.17) is 0 Å². The number of hydrogen-bond acceptors (Lipinski definition) is 3. The fourth-order valence-electron chi connectivity index (χ4n) is 4.05. The van der Waals surface area contributed by atoms with Gasteiger partial charge in [0, 0.05) is 37.1 Å². The molecule has 1 atom stereocenters. The molecule has 0 aromatic heterocycles. The summed E-state index contributed by atoms with van der Waals surface area (Å²) in [6.07, 6.45) is 14.8. The zero-order chi connectivity index (χ0) is 20.5. The maximum atomic E-state index is 12.3. The van der Waals surface area contributed by atoms with E-state index in [0.29, 0.717) is 18.9 Å². The van der Waals surface area contributed by atoms with Gasteiger partial charge in [0.1, 0.15) is 0 Å². The number of allylic oxidation sites excluding steroid dienone is 5. The molecular weight excluding hydrogens is 344 g/mol. The highest BCUT2D eigenvalue weighted by Gasteiger charge is 2.21. The molecule has 28 heavy (non-hydrogen) atoms. The minimum Gasteiger partial charge on any atom is -0.374 e. The van der Waals surface area contributed by atoms with Crippen molar-refractivity contribution in [2.24, 2.45) is 5.92 Å². The van der Waals surface area contributed by atoms with Gasteiger partial charge in [-0.15, -0.1) is 0 Å². The van der Waals surface area contributed by atoms with Gasteiger partial charge in [0.15, 0.2) is 5.78 Å². The summed E-state index contributed by atoms with van der Waals surface area (Å²) in [6, 6.07) is 0. The van der Waals surface area contributed by atoms with Crippen LogP contribution >= 0.6 is 0 Å². The topological polar surface area (TPSA) is 23.6 Å². The van der Waals surface area contributed by atoms with Crippen LogP contribution in [0.2, 0.25) is 0 Å². The second-order valence-corrected chi connectivity index (χ2v) is 8.37. The molecule has 1 aliphatic carbocycles. The highest BCUT2D eigenvalue weighted by molar-refractivity contribution is 5.81. The summed E-state index contributed by atoms with van der Waals surface area (Å²) in [5.41, 5.74) is 4.45. The molecule has 3 nitrogen and oxygen atoms in total. The van der Waals surface area contributed by atoms with Gasteiger partial charge in [-0.3, -0.25) is 4.79 Å². The molecule has 1 heterocycles. The minimum absolute atomic E-state index is 0.256. The Morgan fingerprint density at radius 1 is 1.11 bits per heavy atom. The molecule has 3 heteroatoms. The van der Waals surface area contributed by atoms with Gasteiger partial charge in [0.05, 0.1) is 6.54 Å². The Hall–Kier alpha value is -2.03. The van der Waals surface area contributed by atoms with Crippen LogP contribution < -0.4 is 0 Å². The van der Waals surface area contributed by atoms with Crippen molar-refractivity contribution in [3.8, 4) is 0 Å². The number of rotatable bonds is 10. The van der Waals surface area contributed by atoms with Gasteiger partial charge in [0.25, 0.3) is 0 Å². The first kappa shape index (κ1) is 22.3. The van der Waals surface area contributed by atoms with Gasteiger partial charge in [0.2, 0.25) is 0 Å². The van der Waals surface area contributed by atoms with Crippen molar-refractivity contribution < 1.29 is 4.79 Å². The van der Waals surface area contributed by atoms with Crippen LogP contribution in [0.15, 0.2) is 61.1 Å². The molecule has 0 aromatic carbocycles. The van der Waals surface area contributed by atoms with E-state index in [1.54, 1.807) is 0 Å². The Labute approximate surface area is 172 Å². The van der Waals surface area contributed by atoms with Crippen molar-refractivity contribution in [1.29, 1.82) is 0 Å². The molecule has 1 fully saturated rings. The van der Waals surface area contributed by atoms with Crippen LogP contribution in [0.1, 0.15) is 64.2 Å². The molecule has 2 aliphatic rings. The maximum Gasteiger partial charge on any atom is 0.152 e. The van der Waals surface area contributed by atoms with E-state index in [9.17, 15) is 4.79 Å². The van der Waals surface area contributed by atoms with Crippen molar-refractivity contribution in [3.05, 3.63) is 61.1 Å². The predicted octanol–water partition coefficient (Wildman–Crippen LogP) is 5.99. The minimum atomic E-state index is 0.256. The van der Waals surface area contributed by atoms with Gasteiger partial charge in [-0.1, -0.05) is 44.0 Å². The normalized spacial score (nSPS) is 21.2. The average molecular weight is 383 g/mol. The number of hydrogen-bond donors (Lipinski definition) is 0. The number of nitrogens with zero attached hydrogens (tertiary/aromatic N) is 2. The van der Waals surface area contributed by atoms with Gasteiger partial charge >= 0.3 is 0 Å². The van der Waals surface area contributed by atoms with Crippen LogP contribution in [0.4, 0.5) is 0 Å². The molecule has 154 valence electrons. The monoisotopic (exact) mass is 382 g/mol. The average Bonchev–Trinajstić information content (AvgIpc) is 2.93. The molecule has 0 spiro atoms.